The highest BCUT2D eigenvalue weighted by Gasteiger charge is 2.10. The average molecular weight is 366 g/mol. The molecule has 16 heavy (non-hydrogen) atoms. The molecule has 0 saturated heterocycles. The van der Waals surface area contributed by atoms with Crippen LogP contribution < -0.4 is 11.1 Å². The van der Waals surface area contributed by atoms with Crippen LogP contribution in [0.4, 0.5) is 5.69 Å². The maximum absolute atomic E-state index is 11.5. The summed E-state index contributed by atoms with van der Waals surface area (Å²) in [5.74, 6) is -0.224. The zero-order valence-electron chi connectivity index (χ0n) is 8.51. The molecule has 0 unspecified atom stereocenters. The summed E-state index contributed by atoms with van der Waals surface area (Å²) in [5, 5.41) is 2.74. The number of hydrogen-bond donors (Lipinski definition) is 2. The predicted octanol–water partition coefficient (Wildman–Crippen LogP) is 3.13. The second kappa shape index (κ2) is 5.75. The third kappa shape index (κ3) is 3.84. The molecule has 0 spiro atoms. The lowest BCUT2D eigenvalue weighted by Gasteiger charge is -2.10. The maximum Gasteiger partial charge on any atom is 0.231 e. The molecule has 86 valence electrons. The Labute approximate surface area is 116 Å². The van der Waals surface area contributed by atoms with Crippen molar-refractivity contribution >= 4 is 60.7 Å². The van der Waals surface area contributed by atoms with E-state index in [-0.39, 0.29) is 17.3 Å². The number of halogens is 2. The van der Waals surface area contributed by atoms with Crippen LogP contribution in [0.25, 0.3) is 0 Å². The predicted molar refractivity (Wildman–Crippen MR) is 76.6 cm³/mol. The molecule has 0 aliphatic rings. The zero-order chi connectivity index (χ0) is 12.3. The third-order valence-electron chi connectivity index (χ3n) is 1.79. The molecule has 0 aromatic heterocycles. The SMILES string of the molecule is Cc1cc(Br)c(NC(=O)CC(N)=S)c(Br)c1. The van der Waals surface area contributed by atoms with Gasteiger partial charge in [0.05, 0.1) is 17.1 Å². The number of thiocarbonyl (C=S) groups is 1. The molecule has 6 heteroatoms. The van der Waals surface area contributed by atoms with Gasteiger partial charge in [0.2, 0.25) is 5.91 Å². The standard InChI is InChI=1S/C10H10Br2N2OS/c1-5-2-6(11)10(7(12)3-5)14-9(15)4-8(13)16/h2-3H,4H2,1H3,(H2,13,16)(H,14,15). The summed E-state index contributed by atoms with van der Waals surface area (Å²) in [6, 6.07) is 3.84. The number of nitrogens with one attached hydrogen (secondary N) is 1. The Morgan fingerprint density at radius 1 is 1.44 bits per heavy atom. The van der Waals surface area contributed by atoms with Crippen LogP contribution in [0.3, 0.4) is 0 Å². The molecular weight excluding hydrogens is 356 g/mol. The van der Waals surface area contributed by atoms with Crippen LogP contribution in [0, 0.1) is 6.92 Å². The number of hydrogen-bond acceptors (Lipinski definition) is 2. The molecule has 0 radical (unpaired) electrons. The van der Waals surface area contributed by atoms with E-state index in [4.69, 9.17) is 5.73 Å². The van der Waals surface area contributed by atoms with Gasteiger partial charge in [-0.3, -0.25) is 4.79 Å². The number of rotatable bonds is 3. The molecule has 0 aliphatic heterocycles. The van der Waals surface area contributed by atoms with Gasteiger partial charge in [0.1, 0.15) is 0 Å². The van der Waals surface area contributed by atoms with Crippen LogP contribution in [0.15, 0.2) is 21.1 Å². The zero-order valence-corrected chi connectivity index (χ0v) is 12.5. The lowest BCUT2D eigenvalue weighted by atomic mass is 10.2. The molecule has 0 saturated carbocycles. The van der Waals surface area contributed by atoms with E-state index in [9.17, 15) is 4.79 Å². The van der Waals surface area contributed by atoms with E-state index < -0.39 is 0 Å². The first kappa shape index (κ1) is 13.6. The van der Waals surface area contributed by atoms with E-state index in [1.165, 1.54) is 0 Å². The van der Waals surface area contributed by atoms with Crippen molar-refractivity contribution in [2.24, 2.45) is 5.73 Å². The quantitative estimate of drug-likeness (QED) is 0.809. The number of anilines is 1. The lowest BCUT2D eigenvalue weighted by Crippen LogP contribution is -2.20. The van der Waals surface area contributed by atoms with Crippen LogP contribution in [-0.2, 0) is 4.79 Å². The van der Waals surface area contributed by atoms with Crippen LogP contribution in [0.5, 0.6) is 0 Å². The monoisotopic (exact) mass is 364 g/mol. The molecule has 0 heterocycles. The number of carbonyl (C=O) groups excluding carboxylic acids is 1. The Morgan fingerprint density at radius 3 is 2.38 bits per heavy atom. The molecule has 0 bridgehead atoms. The van der Waals surface area contributed by atoms with Crippen LogP contribution in [0.2, 0.25) is 0 Å². The van der Waals surface area contributed by atoms with Crippen molar-refractivity contribution in [3.05, 3.63) is 26.6 Å². The third-order valence-corrected chi connectivity index (χ3v) is 3.18. The van der Waals surface area contributed by atoms with Crippen molar-refractivity contribution in [3.63, 3.8) is 0 Å². The van der Waals surface area contributed by atoms with Gasteiger partial charge in [-0.25, -0.2) is 0 Å². The average Bonchev–Trinajstić information content (AvgIpc) is 2.09. The fraction of sp³-hybridized carbons (Fsp3) is 0.200. The summed E-state index contributed by atoms with van der Waals surface area (Å²) >= 11 is 11.4. The largest absolute Gasteiger partial charge is 0.393 e. The highest BCUT2D eigenvalue weighted by Crippen LogP contribution is 2.32. The molecule has 0 atom stereocenters. The fourth-order valence-electron chi connectivity index (χ4n) is 1.16. The van der Waals surface area contributed by atoms with Crippen LogP contribution in [0.1, 0.15) is 12.0 Å². The molecule has 1 aromatic rings. The highest BCUT2D eigenvalue weighted by atomic mass is 79.9. The second-order valence-electron chi connectivity index (χ2n) is 3.29. The molecule has 3 nitrogen and oxygen atoms in total. The Hall–Kier alpha value is -0.460. The normalized spacial score (nSPS) is 9.94. The molecule has 0 aliphatic carbocycles. The van der Waals surface area contributed by atoms with Gasteiger partial charge < -0.3 is 11.1 Å². The first-order chi connectivity index (χ1) is 7.40. The number of amides is 1. The van der Waals surface area contributed by atoms with E-state index >= 15 is 0 Å². The Balaban J connectivity index is 2.89. The van der Waals surface area contributed by atoms with Gasteiger partial charge in [0.15, 0.2) is 0 Å². The highest BCUT2D eigenvalue weighted by molar-refractivity contribution is 9.11. The molecule has 1 aromatic carbocycles. The summed E-state index contributed by atoms with van der Waals surface area (Å²) in [6.45, 7) is 1.97. The fourth-order valence-corrected chi connectivity index (χ4v) is 2.91. The summed E-state index contributed by atoms with van der Waals surface area (Å²) < 4.78 is 1.63. The van der Waals surface area contributed by atoms with Crippen molar-refractivity contribution in [2.75, 3.05) is 5.32 Å². The first-order valence-electron chi connectivity index (χ1n) is 4.44. The number of nitrogens with two attached hydrogens (primary N) is 1. The van der Waals surface area contributed by atoms with Gasteiger partial charge >= 0.3 is 0 Å². The molecule has 1 amide bonds. The van der Waals surface area contributed by atoms with Crippen LogP contribution >= 0.6 is 44.1 Å². The number of carbonyl (C=O) groups is 1. The van der Waals surface area contributed by atoms with E-state index in [1.54, 1.807) is 0 Å². The minimum absolute atomic E-state index is 0.0437. The van der Waals surface area contributed by atoms with Gasteiger partial charge in [-0.15, -0.1) is 0 Å². The number of aryl methyl sites for hydroxylation is 1. The number of benzene rings is 1. The van der Waals surface area contributed by atoms with Crippen molar-refractivity contribution in [1.29, 1.82) is 0 Å². The molecule has 3 N–H and O–H groups in total. The van der Waals surface area contributed by atoms with Crippen molar-refractivity contribution < 1.29 is 4.79 Å². The minimum Gasteiger partial charge on any atom is -0.393 e. The summed E-state index contributed by atoms with van der Waals surface area (Å²) in [6.07, 6.45) is 0.0437. The molecule has 1 rings (SSSR count). The smallest absolute Gasteiger partial charge is 0.231 e. The van der Waals surface area contributed by atoms with Gasteiger partial charge in [-0.2, -0.15) is 0 Å². The van der Waals surface area contributed by atoms with Gasteiger partial charge in [0.25, 0.3) is 0 Å². The maximum atomic E-state index is 11.5. The van der Waals surface area contributed by atoms with Crippen LogP contribution in [-0.4, -0.2) is 10.9 Å². The second-order valence-corrected chi connectivity index (χ2v) is 5.53. The van der Waals surface area contributed by atoms with Gasteiger partial charge in [0, 0.05) is 8.95 Å². The van der Waals surface area contributed by atoms with E-state index in [0.717, 1.165) is 14.5 Å². The van der Waals surface area contributed by atoms with Crippen molar-refractivity contribution in [2.45, 2.75) is 13.3 Å². The van der Waals surface area contributed by atoms with E-state index in [1.807, 2.05) is 19.1 Å². The van der Waals surface area contributed by atoms with E-state index in [2.05, 4.69) is 49.4 Å². The minimum atomic E-state index is -0.224. The summed E-state index contributed by atoms with van der Waals surface area (Å²) in [7, 11) is 0. The Morgan fingerprint density at radius 2 is 1.94 bits per heavy atom. The Bertz CT molecular complexity index is 425. The van der Waals surface area contributed by atoms with Gasteiger partial charge in [-0.1, -0.05) is 12.2 Å². The van der Waals surface area contributed by atoms with Gasteiger partial charge in [-0.05, 0) is 56.5 Å². The van der Waals surface area contributed by atoms with E-state index in [0.29, 0.717) is 5.69 Å². The topological polar surface area (TPSA) is 55.1 Å². The summed E-state index contributed by atoms with van der Waals surface area (Å²) in [4.78, 5) is 11.7. The lowest BCUT2D eigenvalue weighted by molar-refractivity contribution is -0.115. The van der Waals surface area contributed by atoms with Crippen molar-refractivity contribution in [3.8, 4) is 0 Å². The van der Waals surface area contributed by atoms with Crippen molar-refractivity contribution in [1.82, 2.24) is 0 Å². The first-order valence-corrected chi connectivity index (χ1v) is 6.43. The molecular formula is C10H10Br2N2OS. The Kier molecular flexibility index (Phi) is 4.89. The molecule has 0 fully saturated rings. The summed E-state index contributed by atoms with van der Waals surface area (Å²) in [5.41, 5.74) is 7.07.